The van der Waals surface area contributed by atoms with Gasteiger partial charge in [-0.05, 0) is 45.1 Å². The summed E-state index contributed by atoms with van der Waals surface area (Å²) in [5.74, 6) is 0.165. The molecular weight excluding hydrogens is 274 g/mol. The van der Waals surface area contributed by atoms with Crippen LogP contribution in [0.25, 0.3) is 0 Å². The highest BCUT2D eigenvalue weighted by atomic mass is 35.5. The molecule has 112 valence electrons. The van der Waals surface area contributed by atoms with Crippen LogP contribution in [0.4, 0.5) is 5.69 Å². The molecule has 1 amide bonds. The maximum atomic E-state index is 12.1. The third-order valence-corrected chi connectivity index (χ3v) is 3.85. The smallest absolute Gasteiger partial charge is 0.241 e. The van der Waals surface area contributed by atoms with E-state index in [1.807, 2.05) is 42.3 Å². The summed E-state index contributed by atoms with van der Waals surface area (Å²) in [5, 5.41) is 3.17. The lowest BCUT2D eigenvalue weighted by Crippen LogP contribution is -2.46. The number of likely N-dealkylation sites (N-methyl/N-ethyl adjacent to an activating group) is 1. The number of nitrogens with zero attached hydrogens (tertiary/aromatic N) is 2. The normalized spacial score (nSPS) is 16.3. The molecule has 1 aliphatic heterocycles. The molecule has 1 aromatic rings. The van der Waals surface area contributed by atoms with E-state index in [9.17, 15) is 4.79 Å². The van der Waals surface area contributed by atoms with E-state index in [-0.39, 0.29) is 18.3 Å². The molecule has 5 heteroatoms. The predicted octanol–water partition coefficient (Wildman–Crippen LogP) is 2.07. The summed E-state index contributed by atoms with van der Waals surface area (Å²) >= 11 is 0. The molecule has 0 spiro atoms. The summed E-state index contributed by atoms with van der Waals surface area (Å²) in [4.78, 5) is 16.4. The van der Waals surface area contributed by atoms with E-state index < -0.39 is 0 Å². The van der Waals surface area contributed by atoms with Crippen LogP contribution < -0.4 is 5.32 Å². The molecule has 1 aliphatic rings. The minimum Gasteiger partial charge on any atom is -0.376 e. The van der Waals surface area contributed by atoms with Crippen molar-refractivity contribution in [3.05, 3.63) is 30.3 Å². The van der Waals surface area contributed by atoms with E-state index in [1.54, 1.807) is 0 Å². The Balaban J connectivity index is 0.00000200. The fourth-order valence-corrected chi connectivity index (χ4v) is 2.44. The SMILES string of the molecule is CN1CCC(N(C)C(=O)CNc2ccccc2)CC1.Cl. The van der Waals surface area contributed by atoms with Crippen LogP contribution in [0.1, 0.15) is 12.8 Å². The lowest BCUT2D eigenvalue weighted by Gasteiger charge is -2.35. The third kappa shape index (κ3) is 4.69. The summed E-state index contributed by atoms with van der Waals surface area (Å²) in [6.07, 6.45) is 2.15. The van der Waals surface area contributed by atoms with Gasteiger partial charge in [-0.15, -0.1) is 12.4 Å². The van der Waals surface area contributed by atoms with E-state index in [2.05, 4.69) is 17.3 Å². The highest BCUT2D eigenvalue weighted by Crippen LogP contribution is 2.14. The van der Waals surface area contributed by atoms with Crippen molar-refractivity contribution in [2.45, 2.75) is 18.9 Å². The zero-order valence-corrected chi connectivity index (χ0v) is 13.0. The molecule has 0 radical (unpaired) electrons. The molecule has 0 unspecified atom stereocenters. The van der Waals surface area contributed by atoms with E-state index in [1.165, 1.54) is 0 Å². The number of hydrogen-bond acceptors (Lipinski definition) is 3. The van der Waals surface area contributed by atoms with Gasteiger partial charge in [0, 0.05) is 18.8 Å². The second-order valence-corrected chi connectivity index (χ2v) is 5.26. The standard InChI is InChI=1S/C15H23N3O.ClH/c1-17-10-8-14(9-11-17)18(2)15(19)12-16-13-6-4-3-5-7-13;/h3-7,14,16H,8-12H2,1-2H3;1H. The zero-order chi connectivity index (χ0) is 13.7. The molecule has 4 nitrogen and oxygen atoms in total. The van der Waals surface area contributed by atoms with E-state index in [0.29, 0.717) is 12.6 Å². The average Bonchev–Trinajstić information content (AvgIpc) is 2.46. The first-order chi connectivity index (χ1) is 9.16. The molecule has 1 fully saturated rings. The summed E-state index contributed by atoms with van der Waals surface area (Å²) in [6.45, 7) is 2.52. The Morgan fingerprint density at radius 2 is 1.90 bits per heavy atom. The van der Waals surface area contributed by atoms with Crippen molar-refractivity contribution in [3.8, 4) is 0 Å². The van der Waals surface area contributed by atoms with Crippen LogP contribution in [-0.2, 0) is 4.79 Å². The number of carbonyl (C=O) groups is 1. The number of para-hydroxylation sites is 1. The molecular formula is C15H24ClN3O. The quantitative estimate of drug-likeness (QED) is 0.924. The van der Waals surface area contributed by atoms with E-state index in [0.717, 1.165) is 31.6 Å². The number of amides is 1. The fourth-order valence-electron chi connectivity index (χ4n) is 2.44. The van der Waals surface area contributed by atoms with Crippen molar-refractivity contribution in [3.63, 3.8) is 0 Å². The van der Waals surface area contributed by atoms with Crippen LogP contribution in [0.3, 0.4) is 0 Å². The Morgan fingerprint density at radius 3 is 2.50 bits per heavy atom. The lowest BCUT2D eigenvalue weighted by molar-refractivity contribution is -0.130. The Labute approximate surface area is 127 Å². The second-order valence-electron chi connectivity index (χ2n) is 5.26. The first kappa shape index (κ1) is 16.8. The molecule has 0 aromatic heterocycles. The average molecular weight is 298 g/mol. The largest absolute Gasteiger partial charge is 0.376 e. The highest BCUT2D eigenvalue weighted by molar-refractivity contribution is 5.85. The minimum atomic E-state index is 0. The molecule has 2 rings (SSSR count). The molecule has 1 heterocycles. The van der Waals surface area contributed by atoms with Crippen molar-refractivity contribution in [1.82, 2.24) is 9.80 Å². The van der Waals surface area contributed by atoms with Crippen LogP contribution in [0.2, 0.25) is 0 Å². The highest BCUT2D eigenvalue weighted by Gasteiger charge is 2.23. The van der Waals surface area contributed by atoms with Gasteiger partial charge in [-0.3, -0.25) is 4.79 Å². The Bertz CT molecular complexity index is 405. The van der Waals surface area contributed by atoms with Gasteiger partial charge >= 0.3 is 0 Å². The molecule has 1 saturated heterocycles. The molecule has 1 aromatic carbocycles. The van der Waals surface area contributed by atoms with Crippen molar-refractivity contribution < 1.29 is 4.79 Å². The number of piperidine rings is 1. The summed E-state index contributed by atoms with van der Waals surface area (Å²) in [7, 11) is 4.06. The lowest BCUT2D eigenvalue weighted by atomic mass is 10.0. The summed E-state index contributed by atoms with van der Waals surface area (Å²) in [5.41, 5.74) is 0.993. The van der Waals surface area contributed by atoms with Crippen LogP contribution >= 0.6 is 12.4 Å². The number of carbonyl (C=O) groups excluding carboxylic acids is 1. The van der Waals surface area contributed by atoms with Crippen LogP contribution in [0.15, 0.2) is 30.3 Å². The van der Waals surface area contributed by atoms with Gasteiger partial charge in [0.15, 0.2) is 0 Å². The van der Waals surface area contributed by atoms with Crippen molar-refractivity contribution in [1.29, 1.82) is 0 Å². The van der Waals surface area contributed by atoms with Gasteiger partial charge in [-0.2, -0.15) is 0 Å². The van der Waals surface area contributed by atoms with Crippen LogP contribution in [0, 0.1) is 0 Å². The molecule has 0 aliphatic carbocycles. The van der Waals surface area contributed by atoms with E-state index in [4.69, 9.17) is 0 Å². The van der Waals surface area contributed by atoms with Crippen molar-refractivity contribution in [2.75, 3.05) is 39.0 Å². The van der Waals surface area contributed by atoms with Gasteiger partial charge in [0.25, 0.3) is 0 Å². The molecule has 1 N–H and O–H groups in total. The first-order valence-electron chi connectivity index (χ1n) is 6.90. The zero-order valence-electron chi connectivity index (χ0n) is 12.2. The summed E-state index contributed by atoms with van der Waals surface area (Å²) in [6, 6.07) is 10.2. The number of nitrogens with one attached hydrogen (secondary N) is 1. The van der Waals surface area contributed by atoms with Gasteiger partial charge in [0.05, 0.1) is 6.54 Å². The molecule has 20 heavy (non-hydrogen) atoms. The molecule has 0 bridgehead atoms. The van der Waals surface area contributed by atoms with E-state index >= 15 is 0 Å². The van der Waals surface area contributed by atoms with Crippen molar-refractivity contribution >= 4 is 24.0 Å². The third-order valence-electron chi connectivity index (χ3n) is 3.85. The van der Waals surface area contributed by atoms with Gasteiger partial charge in [0.2, 0.25) is 5.91 Å². The maximum Gasteiger partial charge on any atom is 0.241 e. The number of benzene rings is 1. The van der Waals surface area contributed by atoms with Gasteiger partial charge in [0.1, 0.15) is 0 Å². The fraction of sp³-hybridized carbons (Fsp3) is 0.533. The second kappa shape index (κ2) is 8.12. The predicted molar refractivity (Wildman–Crippen MR) is 85.5 cm³/mol. The number of rotatable bonds is 4. The van der Waals surface area contributed by atoms with Gasteiger partial charge in [-0.1, -0.05) is 18.2 Å². The van der Waals surface area contributed by atoms with Gasteiger partial charge < -0.3 is 15.1 Å². The monoisotopic (exact) mass is 297 g/mol. The Morgan fingerprint density at radius 1 is 1.30 bits per heavy atom. The number of halogens is 1. The summed E-state index contributed by atoms with van der Waals surface area (Å²) < 4.78 is 0. The number of anilines is 1. The van der Waals surface area contributed by atoms with Crippen LogP contribution in [-0.4, -0.2) is 55.5 Å². The number of likely N-dealkylation sites (tertiary alicyclic amines) is 1. The Kier molecular flexibility index (Phi) is 6.82. The Hall–Kier alpha value is -1.26. The molecule has 0 atom stereocenters. The molecule has 0 saturated carbocycles. The van der Waals surface area contributed by atoms with Crippen molar-refractivity contribution in [2.24, 2.45) is 0 Å². The topological polar surface area (TPSA) is 35.6 Å². The maximum absolute atomic E-state index is 12.1. The van der Waals surface area contributed by atoms with Crippen LogP contribution in [0.5, 0.6) is 0 Å². The van der Waals surface area contributed by atoms with Gasteiger partial charge in [-0.25, -0.2) is 0 Å². The number of hydrogen-bond donors (Lipinski definition) is 1. The minimum absolute atomic E-state index is 0. The first-order valence-corrected chi connectivity index (χ1v) is 6.90.